The van der Waals surface area contributed by atoms with Crippen molar-refractivity contribution in [1.82, 2.24) is 24.6 Å². The van der Waals surface area contributed by atoms with Gasteiger partial charge in [0.15, 0.2) is 0 Å². The van der Waals surface area contributed by atoms with E-state index in [1.165, 1.54) is 0 Å². The standard InChI is InChI=1S/C25H27ClN6O2/c1-5-6-21-23(24(27)33)18-9-14(2)7-8-20(18)31(21)12-29-25(34)22-15(3)10-17(11-19(22)26)32-13-28-16(4)30-32/h7-11,13H,5-6,12H2,1-4H3,(H2,27,33)(H,29,34). The van der Waals surface area contributed by atoms with Crippen LogP contribution in [0.2, 0.25) is 5.02 Å². The average molecular weight is 479 g/mol. The molecule has 2 amide bonds. The molecule has 4 rings (SSSR count). The number of nitrogens with two attached hydrogens (primary N) is 1. The molecule has 2 aromatic heterocycles. The number of primary amides is 1. The number of benzene rings is 2. The maximum Gasteiger partial charge on any atom is 0.254 e. The predicted molar refractivity (Wildman–Crippen MR) is 132 cm³/mol. The Labute approximate surface area is 202 Å². The first-order valence-electron chi connectivity index (χ1n) is 11.1. The van der Waals surface area contributed by atoms with Crippen molar-refractivity contribution >= 4 is 34.3 Å². The number of nitrogens with zero attached hydrogens (tertiary/aromatic N) is 4. The Kier molecular flexibility index (Phi) is 6.43. The van der Waals surface area contributed by atoms with Crippen LogP contribution in [0.3, 0.4) is 0 Å². The van der Waals surface area contributed by atoms with Gasteiger partial charge in [0.05, 0.1) is 34.0 Å². The summed E-state index contributed by atoms with van der Waals surface area (Å²) in [5.74, 6) is -0.134. The van der Waals surface area contributed by atoms with Gasteiger partial charge in [-0.05, 0) is 57.0 Å². The molecule has 0 bridgehead atoms. The Morgan fingerprint density at radius 3 is 2.50 bits per heavy atom. The number of aryl methyl sites for hydroxylation is 3. The van der Waals surface area contributed by atoms with Crippen LogP contribution in [-0.2, 0) is 13.1 Å². The van der Waals surface area contributed by atoms with Gasteiger partial charge in [-0.1, -0.05) is 36.6 Å². The molecule has 0 unspecified atom stereocenters. The molecule has 2 aromatic carbocycles. The van der Waals surface area contributed by atoms with Crippen LogP contribution in [0.5, 0.6) is 0 Å². The van der Waals surface area contributed by atoms with Crippen LogP contribution < -0.4 is 11.1 Å². The molecule has 9 heteroatoms. The van der Waals surface area contributed by atoms with Crippen LogP contribution in [0.1, 0.15) is 56.7 Å². The van der Waals surface area contributed by atoms with Crippen LogP contribution in [-0.4, -0.2) is 31.1 Å². The van der Waals surface area contributed by atoms with Crippen LogP contribution in [0.25, 0.3) is 16.6 Å². The van der Waals surface area contributed by atoms with E-state index in [1.54, 1.807) is 24.0 Å². The highest BCUT2D eigenvalue weighted by Gasteiger charge is 2.22. The molecule has 4 aromatic rings. The number of carbonyl (C=O) groups is 2. The molecule has 0 saturated heterocycles. The van der Waals surface area contributed by atoms with Crippen molar-refractivity contribution in [2.24, 2.45) is 5.73 Å². The van der Waals surface area contributed by atoms with Gasteiger partial charge in [-0.25, -0.2) is 9.67 Å². The highest BCUT2D eigenvalue weighted by molar-refractivity contribution is 6.34. The van der Waals surface area contributed by atoms with Gasteiger partial charge >= 0.3 is 0 Å². The van der Waals surface area contributed by atoms with Gasteiger partial charge in [-0.3, -0.25) is 9.59 Å². The van der Waals surface area contributed by atoms with Gasteiger partial charge in [0.1, 0.15) is 12.2 Å². The van der Waals surface area contributed by atoms with E-state index in [1.807, 2.05) is 49.6 Å². The molecule has 2 heterocycles. The topological polar surface area (TPSA) is 108 Å². The second-order valence-electron chi connectivity index (χ2n) is 8.40. The Balaban J connectivity index is 1.68. The quantitative estimate of drug-likeness (QED) is 0.414. The van der Waals surface area contributed by atoms with E-state index in [0.717, 1.165) is 34.3 Å². The van der Waals surface area contributed by atoms with Crippen molar-refractivity contribution in [3.8, 4) is 5.69 Å². The largest absolute Gasteiger partial charge is 0.366 e. The predicted octanol–water partition coefficient (Wildman–Crippen LogP) is 4.24. The van der Waals surface area contributed by atoms with Gasteiger partial charge in [-0.2, -0.15) is 5.10 Å². The fourth-order valence-corrected chi connectivity index (χ4v) is 4.68. The summed E-state index contributed by atoms with van der Waals surface area (Å²) in [5.41, 5.74) is 10.8. The van der Waals surface area contributed by atoms with E-state index >= 15 is 0 Å². The number of hydrogen-bond acceptors (Lipinski definition) is 4. The van der Waals surface area contributed by atoms with Gasteiger partial charge in [0, 0.05) is 11.1 Å². The molecule has 0 radical (unpaired) electrons. The molecule has 176 valence electrons. The first kappa shape index (κ1) is 23.5. The molecule has 0 aliphatic heterocycles. The summed E-state index contributed by atoms with van der Waals surface area (Å²) >= 11 is 6.52. The monoisotopic (exact) mass is 478 g/mol. The molecule has 3 N–H and O–H groups in total. The number of fused-ring (bicyclic) bond motifs is 1. The zero-order valence-electron chi connectivity index (χ0n) is 19.6. The second-order valence-corrected chi connectivity index (χ2v) is 8.81. The highest BCUT2D eigenvalue weighted by atomic mass is 35.5. The fourth-order valence-electron chi connectivity index (χ4n) is 4.33. The summed E-state index contributed by atoms with van der Waals surface area (Å²) in [4.78, 5) is 29.6. The van der Waals surface area contributed by atoms with Crippen molar-refractivity contribution in [2.45, 2.75) is 47.2 Å². The van der Waals surface area contributed by atoms with Crippen molar-refractivity contribution in [1.29, 1.82) is 0 Å². The first-order valence-corrected chi connectivity index (χ1v) is 11.5. The van der Waals surface area contributed by atoms with E-state index in [9.17, 15) is 9.59 Å². The summed E-state index contributed by atoms with van der Waals surface area (Å²) in [6.07, 6.45) is 3.09. The van der Waals surface area contributed by atoms with Crippen LogP contribution in [0.4, 0.5) is 0 Å². The number of rotatable bonds is 7. The molecular formula is C25H27ClN6O2. The molecule has 34 heavy (non-hydrogen) atoms. The fraction of sp³-hybridized carbons (Fsp3) is 0.280. The van der Waals surface area contributed by atoms with Crippen molar-refractivity contribution in [3.63, 3.8) is 0 Å². The average Bonchev–Trinajstić information content (AvgIpc) is 3.32. The number of carbonyl (C=O) groups excluding carboxylic acids is 2. The normalized spacial score (nSPS) is 11.2. The number of amides is 2. The molecule has 0 atom stereocenters. The Morgan fingerprint density at radius 1 is 1.12 bits per heavy atom. The lowest BCUT2D eigenvalue weighted by atomic mass is 10.1. The highest BCUT2D eigenvalue weighted by Crippen LogP contribution is 2.29. The molecule has 0 aliphatic carbocycles. The Bertz CT molecular complexity index is 1400. The van der Waals surface area contributed by atoms with Gasteiger partial charge in [-0.15, -0.1) is 0 Å². The first-order chi connectivity index (χ1) is 16.2. The summed E-state index contributed by atoms with van der Waals surface area (Å²) < 4.78 is 3.57. The van der Waals surface area contributed by atoms with E-state index in [4.69, 9.17) is 17.3 Å². The SMILES string of the molecule is CCCc1c(C(N)=O)c2cc(C)ccc2n1CNC(=O)c1c(C)cc(-n2cnc(C)n2)cc1Cl. The van der Waals surface area contributed by atoms with Crippen LogP contribution >= 0.6 is 11.6 Å². The third-order valence-corrected chi connectivity index (χ3v) is 6.13. The van der Waals surface area contributed by atoms with Crippen molar-refractivity contribution < 1.29 is 9.59 Å². The lowest BCUT2D eigenvalue weighted by molar-refractivity contribution is 0.0941. The van der Waals surface area contributed by atoms with Gasteiger partial charge in [0.2, 0.25) is 0 Å². The van der Waals surface area contributed by atoms with E-state index < -0.39 is 5.91 Å². The summed E-state index contributed by atoms with van der Waals surface area (Å²) in [6.45, 7) is 7.82. The molecule has 0 spiro atoms. The maximum absolute atomic E-state index is 13.2. The summed E-state index contributed by atoms with van der Waals surface area (Å²) in [7, 11) is 0. The zero-order chi connectivity index (χ0) is 24.6. The number of nitrogens with one attached hydrogen (secondary N) is 1. The van der Waals surface area contributed by atoms with E-state index in [0.29, 0.717) is 34.0 Å². The molecule has 0 saturated carbocycles. The number of halogens is 1. The summed E-state index contributed by atoms with van der Waals surface area (Å²) in [5, 5.41) is 8.39. The van der Waals surface area contributed by atoms with E-state index in [-0.39, 0.29) is 12.6 Å². The van der Waals surface area contributed by atoms with Crippen molar-refractivity contribution in [2.75, 3.05) is 0 Å². The maximum atomic E-state index is 13.2. The number of aromatic nitrogens is 4. The minimum Gasteiger partial charge on any atom is -0.366 e. The van der Waals surface area contributed by atoms with Crippen molar-refractivity contribution in [3.05, 3.63) is 75.5 Å². The van der Waals surface area contributed by atoms with Gasteiger partial charge < -0.3 is 15.6 Å². The third-order valence-electron chi connectivity index (χ3n) is 5.83. The minimum absolute atomic E-state index is 0.181. The third kappa shape index (κ3) is 4.28. The summed E-state index contributed by atoms with van der Waals surface area (Å²) in [6, 6.07) is 9.43. The van der Waals surface area contributed by atoms with Crippen LogP contribution in [0.15, 0.2) is 36.7 Å². The minimum atomic E-state index is -0.470. The zero-order valence-corrected chi connectivity index (χ0v) is 20.4. The molecular weight excluding hydrogens is 452 g/mol. The smallest absolute Gasteiger partial charge is 0.254 e. The molecule has 0 fully saturated rings. The van der Waals surface area contributed by atoms with Gasteiger partial charge in [0.25, 0.3) is 11.8 Å². The Hall–Kier alpha value is -3.65. The Morgan fingerprint density at radius 2 is 1.88 bits per heavy atom. The molecule has 0 aliphatic rings. The van der Waals surface area contributed by atoms with Crippen LogP contribution in [0, 0.1) is 20.8 Å². The molecule has 8 nitrogen and oxygen atoms in total. The second kappa shape index (κ2) is 9.30. The lowest BCUT2D eigenvalue weighted by Gasteiger charge is -2.15. The van der Waals surface area contributed by atoms with E-state index in [2.05, 4.69) is 15.4 Å². The lowest BCUT2D eigenvalue weighted by Crippen LogP contribution is -2.28. The number of hydrogen-bond donors (Lipinski definition) is 2.